The molecule has 8 nitrogen and oxygen atoms in total. The summed E-state index contributed by atoms with van der Waals surface area (Å²) in [5.74, 6) is -0.324. The van der Waals surface area contributed by atoms with Crippen LogP contribution in [0.4, 0.5) is 15.8 Å². The molecule has 0 spiro atoms. The zero-order valence-electron chi connectivity index (χ0n) is 19.7. The Hall–Kier alpha value is -3.74. The van der Waals surface area contributed by atoms with Crippen molar-refractivity contribution in [2.45, 2.75) is 25.8 Å². The van der Waals surface area contributed by atoms with Crippen molar-refractivity contribution in [3.05, 3.63) is 76.5 Å². The van der Waals surface area contributed by atoms with E-state index >= 15 is 0 Å². The van der Waals surface area contributed by atoms with Gasteiger partial charge in [0, 0.05) is 37.0 Å². The average Bonchev–Trinajstić information content (AvgIpc) is 3.42. The number of hydrogen-bond donors (Lipinski definition) is 3. The summed E-state index contributed by atoms with van der Waals surface area (Å²) in [5, 5.41) is 28.7. The molecular weight excluding hydrogens is 481 g/mol. The van der Waals surface area contributed by atoms with Gasteiger partial charge in [-0.3, -0.25) is 4.98 Å². The predicted octanol–water partition coefficient (Wildman–Crippen LogP) is 5.45. The van der Waals surface area contributed by atoms with Gasteiger partial charge in [-0.15, -0.1) is 0 Å². The molecule has 2 aromatic heterocycles. The Kier molecular flexibility index (Phi) is 6.72. The van der Waals surface area contributed by atoms with Gasteiger partial charge in [-0.25, -0.2) is 4.39 Å². The van der Waals surface area contributed by atoms with Crippen molar-refractivity contribution in [2.75, 3.05) is 30.4 Å². The van der Waals surface area contributed by atoms with E-state index in [1.54, 1.807) is 30.6 Å². The minimum absolute atomic E-state index is 0.0564. The maximum Gasteiger partial charge on any atom is 0.123 e. The van der Waals surface area contributed by atoms with E-state index in [-0.39, 0.29) is 11.2 Å². The monoisotopic (exact) mass is 505 g/mol. The number of fused-ring (bicyclic) bond motifs is 1. The van der Waals surface area contributed by atoms with Gasteiger partial charge in [0.25, 0.3) is 0 Å². The van der Waals surface area contributed by atoms with E-state index < -0.39 is 6.04 Å². The molecule has 0 radical (unpaired) electrons. The second kappa shape index (κ2) is 10.1. The SMILES string of the molecule is CC1(CNc2c(C#N)cnc3c(Cl)cc(N[C@@H](c4ccc(F)cc4)c4cn[nH]n4)cc23)CCOCC1. The number of pyridine rings is 1. The van der Waals surface area contributed by atoms with Crippen LogP contribution in [0.3, 0.4) is 0 Å². The molecule has 0 saturated carbocycles. The summed E-state index contributed by atoms with van der Waals surface area (Å²) in [6.07, 6.45) is 5.04. The van der Waals surface area contributed by atoms with Crippen LogP contribution in [-0.4, -0.2) is 40.2 Å². The molecule has 2 aromatic carbocycles. The van der Waals surface area contributed by atoms with Crippen LogP contribution in [-0.2, 0) is 4.74 Å². The van der Waals surface area contributed by atoms with E-state index in [0.29, 0.717) is 39.7 Å². The quantitative estimate of drug-likeness (QED) is 0.306. The summed E-state index contributed by atoms with van der Waals surface area (Å²) in [6.45, 7) is 4.37. The van der Waals surface area contributed by atoms with Crippen LogP contribution in [0, 0.1) is 22.6 Å². The third-order valence-electron chi connectivity index (χ3n) is 6.68. The topological polar surface area (TPSA) is 112 Å². The Morgan fingerprint density at radius 2 is 2.00 bits per heavy atom. The van der Waals surface area contributed by atoms with Crippen LogP contribution >= 0.6 is 11.6 Å². The lowest BCUT2D eigenvalue weighted by Crippen LogP contribution is -2.33. The molecular formula is C26H25ClFN7O. The van der Waals surface area contributed by atoms with Crippen molar-refractivity contribution in [1.29, 1.82) is 5.26 Å². The second-order valence-corrected chi connectivity index (χ2v) is 9.72. The van der Waals surface area contributed by atoms with Gasteiger partial charge in [0.1, 0.15) is 17.6 Å². The lowest BCUT2D eigenvalue weighted by atomic mass is 9.82. The van der Waals surface area contributed by atoms with Gasteiger partial charge in [-0.1, -0.05) is 30.7 Å². The number of aromatic amines is 1. The van der Waals surface area contributed by atoms with Gasteiger partial charge in [-0.05, 0) is 48.1 Å². The summed E-state index contributed by atoms with van der Waals surface area (Å²) in [7, 11) is 0. The first-order chi connectivity index (χ1) is 17.5. The highest BCUT2D eigenvalue weighted by molar-refractivity contribution is 6.35. The summed E-state index contributed by atoms with van der Waals surface area (Å²) >= 11 is 6.67. The first-order valence-electron chi connectivity index (χ1n) is 11.7. The fourth-order valence-electron chi connectivity index (χ4n) is 4.46. The number of nitrogens with zero attached hydrogens (tertiary/aromatic N) is 4. The number of ether oxygens (including phenoxy) is 1. The van der Waals surface area contributed by atoms with Crippen LogP contribution in [0.15, 0.2) is 48.8 Å². The Morgan fingerprint density at radius 1 is 1.22 bits per heavy atom. The zero-order chi connectivity index (χ0) is 25.1. The van der Waals surface area contributed by atoms with E-state index in [9.17, 15) is 9.65 Å². The molecule has 1 aliphatic rings. The number of aromatic nitrogens is 4. The predicted molar refractivity (Wildman–Crippen MR) is 136 cm³/mol. The molecule has 1 fully saturated rings. The largest absolute Gasteiger partial charge is 0.383 e. The van der Waals surface area contributed by atoms with Crippen molar-refractivity contribution >= 4 is 33.9 Å². The van der Waals surface area contributed by atoms with Crippen molar-refractivity contribution in [1.82, 2.24) is 20.4 Å². The molecule has 0 unspecified atom stereocenters. The molecule has 184 valence electrons. The molecule has 1 aliphatic heterocycles. The third-order valence-corrected chi connectivity index (χ3v) is 6.97. The lowest BCUT2D eigenvalue weighted by Gasteiger charge is -2.34. The van der Waals surface area contributed by atoms with E-state index in [1.807, 2.05) is 6.07 Å². The third kappa shape index (κ3) is 4.96. The van der Waals surface area contributed by atoms with Gasteiger partial charge < -0.3 is 15.4 Å². The number of benzene rings is 2. The minimum atomic E-state index is -0.414. The highest BCUT2D eigenvalue weighted by atomic mass is 35.5. The summed E-state index contributed by atoms with van der Waals surface area (Å²) in [6, 6.07) is 11.7. The van der Waals surface area contributed by atoms with Crippen molar-refractivity contribution in [2.24, 2.45) is 5.41 Å². The molecule has 0 aliphatic carbocycles. The first-order valence-corrected chi connectivity index (χ1v) is 12.1. The molecule has 1 atom stereocenters. The molecule has 3 heterocycles. The molecule has 4 aromatic rings. The standard InChI is InChI=1S/C26H25ClFN7O/c1-26(6-8-36-9-7-26)15-31-23-17(12-29)13-30-25-20(23)10-19(11-21(25)27)33-24(22-14-32-35-34-22)16-2-4-18(28)5-3-16/h2-5,10-11,13-14,24,33H,6-9,15H2,1H3,(H,30,31)(H,32,34,35)/t24-/m0/s1. The first kappa shape index (κ1) is 24.0. The van der Waals surface area contributed by atoms with Crippen LogP contribution in [0.5, 0.6) is 0 Å². The zero-order valence-corrected chi connectivity index (χ0v) is 20.4. The molecule has 1 saturated heterocycles. The van der Waals surface area contributed by atoms with Crippen molar-refractivity contribution < 1.29 is 9.13 Å². The van der Waals surface area contributed by atoms with Crippen molar-refractivity contribution in [3.8, 4) is 6.07 Å². The van der Waals surface area contributed by atoms with E-state index in [0.717, 1.165) is 37.0 Å². The molecule has 3 N–H and O–H groups in total. The van der Waals surface area contributed by atoms with Gasteiger partial charge in [0.2, 0.25) is 0 Å². The fraction of sp³-hybridized carbons (Fsp3) is 0.308. The van der Waals surface area contributed by atoms with E-state index in [2.05, 4.69) is 44.0 Å². The number of rotatable bonds is 7. The molecule has 5 rings (SSSR count). The number of anilines is 2. The summed E-state index contributed by atoms with van der Waals surface area (Å²) in [4.78, 5) is 4.45. The highest BCUT2D eigenvalue weighted by Gasteiger charge is 2.28. The smallest absolute Gasteiger partial charge is 0.123 e. The maximum atomic E-state index is 13.6. The Balaban J connectivity index is 1.53. The Bertz CT molecular complexity index is 1400. The number of nitriles is 1. The average molecular weight is 506 g/mol. The Morgan fingerprint density at radius 3 is 2.69 bits per heavy atom. The van der Waals surface area contributed by atoms with Crippen LogP contribution in [0.1, 0.15) is 42.6 Å². The van der Waals surface area contributed by atoms with E-state index in [4.69, 9.17) is 16.3 Å². The molecule has 10 heteroatoms. The molecule has 0 bridgehead atoms. The summed E-state index contributed by atoms with van der Waals surface area (Å²) in [5.41, 5.74) is 3.92. The van der Waals surface area contributed by atoms with Gasteiger partial charge >= 0.3 is 0 Å². The Labute approximate surface area is 212 Å². The molecule has 36 heavy (non-hydrogen) atoms. The maximum absolute atomic E-state index is 13.6. The number of H-pyrrole nitrogens is 1. The van der Waals surface area contributed by atoms with Crippen molar-refractivity contribution in [3.63, 3.8) is 0 Å². The van der Waals surface area contributed by atoms with Gasteiger partial charge in [0.05, 0.1) is 34.0 Å². The van der Waals surface area contributed by atoms with Gasteiger partial charge in [0.15, 0.2) is 0 Å². The summed E-state index contributed by atoms with van der Waals surface area (Å²) < 4.78 is 19.1. The molecule has 0 amide bonds. The highest BCUT2D eigenvalue weighted by Crippen LogP contribution is 2.37. The van der Waals surface area contributed by atoms with Crippen LogP contribution in [0.2, 0.25) is 5.02 Å². The number of hydrogen-bond acceptors (Lipinski definition) is 7. The lowest BCUT2D eigenvalue weighted by molar-refractivity contribution is 0.0300. The minimum Gasteiger partial charge on any atom is -0.383 e. The number of halogens is 2. The normalized spacial score (nSPS) is 15.8. The van der Waals surface area contributed by atoms with Gasteiger partial charge in [-0.2, -0.15) is 20.7 Å². The fourth-order valence-corrected chi connectivity index (χ4v) is 4.73. The van der Waals surface area contributed by atoms with Crippen LogP contribution in [0.25, 0.3) is 10.9 Å². The second-order valence-electron chi connectivity index (χ2n) is 9.31. The van der Waals surface area contributed by atoms with E-state index in [1.165, 1.54) is 12.1 Å². The number of nitrogens with one attached hydrogen (secondary N) is 3. The van der Waals surface area contributed by atoms with Crippen LogP contribution < -0.4 is 10.6 Å².